The van der Waals surface area contributed by atoms with Gasteiger partial charge in [-0.05, 0) is 67.5 Å². The maximum Gasteiger partial charge on any atom is 0.307 e. The smallest absolute Gasteiger partial charge is 0.307 e. The fourth-order valence-corrected chi connectivity index (χ4v) is 8.12. The number of halogens is 2. The van der Waals surface area contributed by atoms with Crippen LogP contribution in [-0.4, -0.2) is 59.5 Å². The maximum absolute atomic E-state index is 14.3. The van der Waals surface area contributed by atoms with E-state index < -0.39 is 39.4 Å². The van der Waals surface area contributed by atoms with Crippen LogP contribution in [0, 0.1) is 11.3 Å². The monoisotopic (exact) mass is 578 g/mol. The SMILES string of the molecule is CC[C@@H](CN(C)S(=O)(=O)C1CC1)N1C(=O)C2(CC(c3cccc(Cl)c3)C1c1ccc(Cl)cc1)CC2C(=O)O. The van der Waals surface area contributed by atoms with Gasteiger partial charge in [0.2, 0.25) is 15.9 Å². The molecule has 2 aromatic rings. The number of carbonyl (C=O) groups is 2. The third-order valence-electron chi connectivity index (χ3n) is 8.50. The van der Waals surface area contributed by atoms with Gasteiger partial charge in [-0.2, -0.15) is 0 Å². The van der Waals surface area contributed by atoms with Crippen LogP contribution < -0.4 is 0 Å². The summed E-state index contributed by atoms with van der Waals surface area (Å²) >= 11 is 12.6. The lowest BCUT2D eigenvalue weighted by atomic mass is 9.72. The second-order valence-corrected chi connectivity index (χ2v) is 14.1. The molecule has 2 aliphatic carbocycles. The van der Waals surface area contributed by atoms with Crippen LogP contribution in [0.25, 0.3) is 0 Å². The zero-order valence-electron chi connectivity index (χ0n) is 21.4. The van der Waals surface area contributed by atoms with Gasteiger partial charge in [-0.25, -0.2) is 12.7 Å². The number of likely N-dealkylation sites (tertiary alicyclic amines) is 1. The van der Waals surface area contributed by atoms with Gasteiger partial charge >= 0.3 is 5.97 Å². The lowest BCUT2D eigenvalue weighted by molar-refractivity contribution is -0.154. The first-order valence-electron chi connectivity index (χ1n) is 13.0. The van der Waals surface area contributed by atoms with Crippen LogP contribution >= 0.6 is 23.2 Å². The lowest BCUT2D eigenvalue weighted by Gasteiger charge is -2.49. The third kappa shape index (κ3) is 4.85. The van der Waals surface area contributed by atoms with Crippen molar-refractivity contribution in [2.24, 2.45) is 11.3 Å². The van der Waals surface area contributed by atoms with E-state index in [0.29, 0.717) is 35.7 Å². The van der Waals surface area contributed by atoms with E-state index >= 15 is 0 Å². The lowest BCUT2D eigenvalue weighted by Crippen LogP contribution is -2.56. The molecule has 1 saturated heterocycles. The molecule has 3 fully saturated rings. The summed E-state index contributed by atoms with van der Waals surface area (Å²) in [5.41, 5.74) is 0.753. The van der Waals surface area contributed by atoms with Gasteiger partial charge in [-0.1, -0.05) is 54.4 Å². The molecule has 5 rings (SSSR count). The maximum atomic E-state index is 14.3. The molecule has 0 aromatic heterocycles. The van der Waals surface area contributed by atoms with Gasteiger partial charge in [-0.3, -0.25) is 9.59 Å². The zero-order chi connectivity index (χ0) is 27.4. The Morgan fingerprint density at radius 1 is 1.11 bits per heavy atom. The summed E-state index contributed by atoms with van der Waals surface area (Å²) in [6.45, 7) is 2.08. The average molecular weight is 580 g/mol. The van der Waals surface area contributed by atoms with E-state index in [1.165, 1.54) is 4.31 Å². The molecule has 0 radical (unpaired) electrons. The molecule has 7 nitrogen and oxygen atoms in total. The Morgan fingerprint density at radius 3 is 2.34 bits per heavy atom. The molecule has 1 N–H and O–H groups in total. The summed E-state index contributed by atoms with van der Waals surface area (Å²) in [6.07, 6.45) is 2.46. The minimum absolute atomic E-state index is 0.140. The summed E-state index contributed by atoms with van der Waals surface area (Å²) in [5.74, 6) is -2.20. The standard InChI is InChI=1S/C28H32Cl2N2O5S/c1-3-21(16-31(2)38(36,37)22-11-12-22)32-25(17-7-9-19(29)10-8-17)23(18-5-4-6-20(30)13-18)14-28(27(32)35)15-24(28)26(33)34/h4-10,13,21-25H,3,11-12,14-16H2,1-2H3,(H,33,34)/t21-,23?,24?,25?,28?/m0/s1. The van der Waals surface area contributed by atoms with Gasteiger partial charge in [0.25, 0.3) is 0 Å². The van der Waals surface area contributed by atoms with Crippen molar-refractivity contribution >= 4 is 45.1 Å². The van der Waals surface area contributed by atoms with Gasteiger partial charge in [0.1, 0.15) is 0 Å². The van der Waals surface area contributed by atoms with Crippen molar-refractivity contribution in [2.75, 3.05) is 13.6 Å². The molecular weight excluding hydrogens is 547 g/mol. The van der Waals surface area contributed by atoms with Crippen molar-refractivity contribution in [3.8, 4) is 0 Å². The summed E-state index contributed by atoms with van der Waals surface area (Å²) in [7, 11) is -1.88. The molecule has 3 aliphatic rings. The largest absolute Gasteiger partial charge is 0.481 e. The number of aliphatic carboxylic acids is 1. The second kappa shape index (κ2) is 10.1. The van der Waals surface area contributed by atoms with Crippen LogP contribution in [0.4, 0.5) is 0 Å². The third-order valence-corrected chi connectivity index (χ3v) is 11.3. The molecule has 204 valence electrons. The Morgan fingerprint density at radius 2 is 1.79 bits per heavy atom. The van der Waals surface area contributed by atoms with Crippen LogP contribution in [-0.2, 0) is 19.6 Å². The average Bonchev–Trinajstić information content (AvgIpc) is 3.80. The Hall–Kier alpha value is -2.13. The summed E-state index contributed by atoms with van der Waals surface area (Å²) in [5, 5.41) is 10.7. The first-order valence-corrected chi connectivity index (χ1v) is 15.3. The van der Waals surface area contributed by atoms with E-state index in [4.69, 9.17) is 23.2 Å². The number of carbonyl (C=O) groups excluding carboxylic acids is 1. The van der Waals surface area contributed by atoms with Gasteiger partial charge < -0.3 is 10.0 Å². The second-order valence-electron chi connectivity index (χ2n) is 10.9. The molecule has 1 aliphatic heterocycles. The zero-order valence-corrected chi connectivity index (χ0v) is 23.7. The highest BCUT2D eigenvalue weighted by Crippen LogP contribution is 2.65. The van der Waals surface area contributed by atoms with Crippen molar-refractivity contribution in [1.82, 2.24) is 9.21 Å². The van der Waals surface area contributed by atoms with Gasteiger partial charge in [-0.15, -0.1) is 0 Å². The normalized spacial score (nSPS) is 28.1. The number of rotatable bonds is 9. The number of benzene rings is 2. The highest BCUT2D eigenvalue weighted by Gasteiger charge is 2.69. The van der Waals surface area contributed by atoms with E-state index in [1.54, 1.807) is 30.1 Å². The van der Waals surface area contributed by atoms with Crippen molar-refractivity contribution in [3.63, 3.8) is 0 Å². The molecule has 2 aromatic carbocycles. The van der Waals surface area contributed by atoms with Crippen molar-refractivity contribution in [2.45, 2.75) is 62.3 Å². The van der Waals surface area contributed by atoms with E-state index in [0.717, 1.165) is 11.1 Å². The molecular formula is C28H32Cl2N2O5S. The highest BCUT2D eigenvalue weighted by atomic mass is 35.5. The number of amides is 1. The molecule has 5 atom stereocenters. The molecule has 1 heterocycles. The van der Waals surface area contributed by atoms with Crippen LogP contribution in [0.5, 0.6) is 0 Å². The molecule has 10 heteroatoms. The van der Waals surface area contributed by atoms with E-state index in [2.05, 4.69) is 0 Å². The molecule has 1 spiro atoms. The molecule has 38 heavy (non-hydrogen) atoms. The fourth-order valence-electron chi connectivity index (χ4n) is 6.18. The number of carboxylic acids is 1. The van der Waals surface area contributed by atoms with Crippen LogP contribution in [0.3, 0.4) is 0 Å². The van der Waals surface area contributed by atoms with Crippen LogP contribution in [0.2, 0.25) is 10.0 Å². The van der Waals surface area contributed by atoms with Gasteiger partial charge in [0, 0.05) is 35.6 Å². The van der Waals surface area contributed by atoms with Gasteiger partial charge in [0.05, 0.1) is 22.6 Å². The number of hydrogen-bond donors (Lipinski definition) is 1. The minimum Gasteiger partial charge on any atom is -0.481 e. The van der Waals surface area contributed by atoms with Crippen LogP contribution in [0.1, 0.15) is 62.1 Å². The van der Waals surface area contributed by atoms with Crippen molar-refractivity contribution in [1.29, 1.82) is 0 Å². The number of hydrogen-bond acceptors (Lipinski definition) is 4. The Labute approximate surface area is 233 Å². The van der Waals surface area contributed by atoms with Crippen LogP contribution in [0.15, 0.2) is 48.5 Å². The molecule has 2 saturated carbocycles. The summed E-state index contributed by atoms with van der Waals surface area (Å²) < 4.78 is 27.4. The van der Waals surface area contributed by atoms with E-state index in [9.17, 15) is 23.1 Å². The number of carboxylic acid groups (broad SMARTS) is 1. The summed E-state index contributed by atoms with van der Waals surface area (Å²) in [4.78, 5) is 28.2. The van der Waals surface area contributed by atoms with E-state index in [-0.39, 0.29) is 30.0 Å². The predicted molar refractivity (Wildman–Crippen MR) is 147 cm³/mol. The Bertz CT molecular complexity index is 1350. The minimum atomic E-state index is -3.46. The quantitative estimate of drug-likeness (QED) is 0.433. The predicted octanol–water partition coefficient (Wildman–Crippen LogP) is 5.34. The van der Waals surface area contributed by atoms with Gasteiger partial charge in [0.15, 0.2) is 0 Å². The number of sulfonamides is 1. The highest BCUT2D eigenvalue weighted by molar-refractivity contribution is 7.90. The first kappa shape index (κ1) is 27.4. The molecule has 1 amide bonds. The Balaban J connectivity index is 1.63. The first-order chi connectivity index (χ1) is 18.0. The molecule has 4 unspecified atom stereocenters. The van der Waals surface area contributed by atoms with Crippen molar-refractivity contribution in [3.05, 3.63) is 69.7 Å². The Kier molecular flexibility index (Phi) is 7.31. The molecule has 0 bridgehead atoms. The topological polar surface area (TPSA) is 95.0 Å². The number of nitrogens with zero attached hydrogens (tertiary/aromatic N) is 2. The number of piperidine rings is 1. The van der Waals surface area contributed by atoms with Crippen molar-refractivity contribution < 1.29 is 23.1 Å². The van der Waals surface area contributed by atoms with E-state index in [1.807, 2.05) is 37.3 Å². The number of likely N-dealkylation sites (N-methyl/N-ethyl adjacent to an activating group) is 1. The summed E-state index contributed by atoms with van der Waals surface area (Å²) in [6, 6.07) is 13.9. The fraction of sp³-hybridized carbons (Fsp3) is 0.500.